The van der Waals surface area contributed by atoms with Crippen molar-refractivity contribution >= 4 is 0 Å². The fourth-order valence-electron chi connectivity index (χ4n) is 1.64. The van der Waals surface area contributed by atoms with Gasteiger partial charge >= 0.3 is 6.18 Å². The Morgan fingerprint density at radius 1 is 1.24 bits per heavy atom. The van der Waals surface area contributed by atoms with Crippen molar-refractivity contribution in [2.75, 3.05) is 0 Å². The maximum Gasteiger partial charge on any atom is 0.434 e. The van der Waals surface area contributed by atoms with Gasteiger partial charge in [-0.2, -0.15) is 13.2 Å². The van der Waals surface area contributed by atoms with Crippen molar-refractivity contribution in [3.05, 3.63) is 11.4 Å². The number of hydrogen-bond acceptors (Lipinski definition) is 3. The van der Waals surface area contributed by atoms with E-state index in [1.54, 1.807) is 0 Å². The lowest BCUT2D eigenvalue weighted by molar-refractivity contribution is -0.144. The highest BCUT2D eigenvalue weighted by molar-refractivity contribution is 5.13. The highest BCUT2D eigenvalue weighted by atomic mass is 19.4. The fraction of sp³-hybridized carbons (Fsp3) is 0.800. The van der Waals surface area contributed by atoms with Crippen LogP contribution in [-0.4, -0.2) is 15.0 Å². The average molecular weight is 250 g/mol. The Kier molecular flexibility index (Phi) is 4.92. The van der Waals surface area contributed by atoms with E-state index in [1.165, 1.54) is 0 Å². The van der Waals surface area contributed by atoms with Crippen molar-refractivity contribution in [3.8, 4) is 0 Å². The summed E-state index contributed by atoms with van der Waals surface area (Å²) >= 11 is 0. The summed E-state index contributed by atoms with van der Waals surface area (Å²) in [6.45, 7) is 2.04. The van der Waals surface area contributed by atoms with Crippen molar-refractivity contribution < 1.29 is 13.2 Å². The molecule has 0 aliphatic heterocycles. The second-order valence-electron chi connectivity index (χ2n) is 3.87. The lowest BCUT2D eigenvalue weighted by Gasteiger charge is -2.10. The minimum atomic E-state index is -4.44. The van der Waals surface area contributed by atoms with E-state index in [0.717, 1.165) is 23.9 Å². The van der Waals surface area contributed by atoms with Crippen molar-refractivity contribution in [1.82, 2.24) is 15.0 Å². The predicted molar refractivity (Wildman–Crippen MR) is 57.1 cm³/mol. The number of aryl methyl sites for hydroxylation is 1. The molecule has 0 atom stereocenters. The maximum atomic E-state index is 12.7. The molecule has 0 unspecified atom stereocenters. The molecule has 0 amide bonds. The lowest BCUT2D eigenvalue weighted by atomic mass is 10.2. The first-order valence-electron chi connectivity index (χ1n) is 5.70. The first kappa shape index (κ1) is 14.0. The van der Waals surface area contributed by atoms with Crippen LogP contribution in [0.5, 0.6) is 0 Å². The van der Waals surface area contributed by atoms with Crippen LogP contribution >= 0.6 is 0 Å². The van der Waals surface area contributed by atoms with Gasteiger partial charge in [-0.1, -0.05) is 31.4 Å². The predicted octanol–water partition coefficient (Wildman–Crippen LogP) is 2.34. The van der Waals surface area contributed by atoms with Crippen LogP contribution in [0.15, 0.2) is 0 Å². The van der Waals surface area contributed by atoms with Gasteiger partial charge in [0.05, 0.1) is 0 Å². The van der Waals surface area contributed by atoms with E-state index in [2.05, 4.69) is 10.3 Å². The van der Waals surface area contributed by atoms with E-state index in [9.17, 15) is 13.2 Å². The van der Waals surface area contributed by atoms with E-state index in [4.69, 9.17) is 5.73 Å². The average Bonchev–Trinajstić information content (AvgIpc) is 2.67. The Balaban J connectivity index is 2.75. The molecule has 17 heavy (non-hydrogen) atoms. The second-order valence-corrected chi connectivity index (χ2v) is 3.87. The van der Waals surface area contributed by atoms with Crippen LogP contribution in [0.3, 0.4) is 0 Å². The van der Waals surface area contributed by atoms with E-state index < -0.39 is 11.9 Å². The summed E-state index contributed by atoms with van der Waals surface area (Å²) in [7, 11) is 0. The van der Waals surface area contributed by atoms with E-state index in [0.29, 0.717) is 6.42 Å². The van der Waals surface area contributed by atoms with Gasteiger partial charge in [0.2, 0.25) is 0 Å². The van der Waals surface area contributed by atoms with Crippen LogP contribution in [0.4, 0.5) is 13.2 Å². The zero-order valence-corrected chi connectivity index (χ0v) is 9.80. The minimum Gasteiger partial charge on any atom is -0.325 e. The quantitative estimate of drug-likeness (QED) is 0.788. The number of nitrogens with two attached hydrogens (primary N) is 1. The van der Waals surface area contributed by atoms with Crippen LogP contribution in [0.25, 0.3) is 0 Å². The molecule has 7 heteroatoms. The molecule has 1 heterocycles. The first-order valence-corrected chi connectivity index (χ1v) is 5.70. The highest BCUT2D eigenvalue weighted by Gasteiger charge is 2.38. The van der Waals surface area contributed by atoms with Gasteiger partial charge in [0.15, 0.2) is 5.69 Å². The molecular formula is C10H17F3N4. The third-order valence-electron chi connectivity index (χ3n) is 2.49. The van der Waals surface area contributed by atoms with Crippen molar-refractivity contribution in [1.29, 1.82) is 0 Å². The van der Waals surface area contributed by atoms with Gasteiger partial charge in [-0.05, 0) is 6.42 Å². The number of hydrogen-bond donors (Lipinski definition) is 1. The third-order valence-corrected chi connectivity index (χ3v) is 2.49. The monoisotopic (exact) mass is 250 g/mol. The van der Waals surface area contributed by atoms with Crippen LogP contribution in [0.2, 0.25) is 0 Å². The highest BCUT2D eigenvalue weighted by Crippen LogP contribution is 2.31. The van der Waals surface area contributed by atoms with Crippen molar-refractivity contribution in [2.24, 2.45) is 5.73 Å². The van der Waals surface area contributed by atoms with Crippen LogP contribution in [0, 0.1) is 0 Å². The summed E-state index contributed by atoms with van der Waals surface area (Å²) in [4.78, 5) is 0. The van der Waals surface area contributed by atoms with Crippen molar-refractivity contribution in [2.45, 2.75) is 51.9 Å². The largest absolute Gasteiger partial charge is 0.434 e. The molecule has 1 rings (SSSR count). The summed E-state index contributed by atoms with van der Waals surface area (Å²) in [5.41, 5.74) is 4.23. The summed E-state index contributed by atoms with van der Waals surface area (Å²) in [5, 5.41) is 6.99. The number of unbranched alkanes of at least 4 members (excludes halogenated alkanes) is 3. The van der Waals surface area contributed by atoms with E-state index >= 15 is 0 Å². The van der Waals surface area contributed by atoms with Crippen LogP contribution in [-0.2, 0) is 19.3 Å². The normalized spacial score (nSPS) is 12.1. The number of rotatable bonds is 6. The molecular weight excluding hydrogens is 233 g/mol. The summed E-state index contributed by atoms with van der Waals surface area (Å²) in [5.74, 6) is 0. The zero-order valence-electron chi connectivity index (χ0n) is 9.80. The summed E-state index contributed by atoms with van der Waals surface area (Å²) < 4.78 is 39.2. The Morgan fingerprint density at radius 2 is 1.94 bits per heavy atom. The zero-order chi connectivity index (χ0) is 12.9. The third kappa shape index (κ3) is 3.69. The van der Waals surface area contributed by atoms with Gasteiger partial charge < -0.3 is 5.73 Å². The molecule has 0 saturated heterocycles. The number of aromatic nitrogens is 3. The molecule has 0 bridgehead atoms. The SMILES string of the molecule is CCCCCCn1nnc(CN)c1C(F)(F)F. The van der Waals surface area contributed by atoms with Gasteiger partial charge in [0, 0.05) is 13.1 Å². The number of halogens is 3. The molecule has 2 N–H and O–H groups in total. The van der Waals surface area contributed by atoms with Crippen LogP contribution in [0.1, 0.15) is 44.0 Å². The van der Waals surface area contributed by atoms with Gasteiger partial charge in [0.1, 0.15) is 5.69 Å². The van der Waals surface area contributed by atoms with E-state index in [1.807, 2.05) is 6.92 Å². The molecule has 0 fully saturated rings. The van der Waals surface area contributed by atoms with Gasteiger partial charge in [0.25, 0.3) is 0 Å². The molecule has 4 nitrogen and oxygen atoms in total. The molecule has 98 valence electrons. The molecule has 0 saturated carbocycles. The molecule has 0 aliphatic rings. The van der Waals surface area contributed by atoms with Crippen molar-refractivity contribution in [3.63, 3.8) is 0 Å². The Labute approximate surface area is 98.0 Å². The van der Waals surface area contributed by atoms with E-state index in [-0.39, 0.29) is 18.8 Å². The molecule has 0 radical (unpaired) electrons. The number of alkyl halides is 3. The molecule has 0 aliphatic carbocycles. The standard InChI is InChI=1S/C10H17F3N4/c1-2-3-4-5-6-17-9(10(11,12)13)8(7-14)15-16-17/h2-7,14H2,1H3. The Bertz CT molecular complexity index is 346. The molecule has 0 aromatic carbocycles. The fourth-order valence-corrected chi connectivity index (χ4v) is 1.64. The Hall–Kier alpha value is -1.11. The lowest BCUT2D eigenvalue weighted by Crippen LogP contribution is -2.18. The summed E-state index contributed by atoms with van der Waals surface area (Å²) in [6, 6.07) is 0. The second kappa shape index (κ2) is 6.00. The topological polar surface area (TPSA) is 56.7 Å². The molecule has 1 aromatic heterocycles. The molecule has 0 spiro atoms. The van der Waals surface area contributed by atoms with Gasteiger partial charge in [-0.3, -0.25) is 0 Å². The Morgan fingerprint density at radius 3 is 2.47 bits per heavy atom. The maximum absolute atomic E-state index is 12.7. The van der Waals surface area contributed by atoms with Crippen LogP contribution < -0.4 is 5.73 Å². The molecule has 1 aromatic rings. The summed E-state index contributed by atoms with van der Waals surface area (Å²) in [6.07, 6.45) is -0.823. The number of nitrogens with zero attached hydrogens (tertiary/aromatic N) is 3. The smallest absolute Gasteiger partial charge is 0.325 e. The minimum absolute atomic E-state index is 0.187. The van der Waals surface area contributed by atoms with Gasteiger partial charge in [-0.15, -0.1) is 5.10 Å². The van der Waals surface area contributed by atoms with Gasteiger partial charge in [-0.25, -0.2) is 4.68 Å². The first-order chi connectivity index (χ1) is 8.00.